The average Bonchev–Trinajstić information content (AvgIpc) is 2.72. The molecule has 0 radical (unpaired) electrons. The molecular weight excluding hydrogens is 479 g/mol. The van der Waals surface area contributed by atoms with Crippen molar-refractivity contribution in [3.05, 3.63) is 58.1 Å². The van der Waals surface area contributed by atoms with E-state index in [9.17, 15) is 13.2 Å². The number of halogens is 2. The van der Waals surface area contributed by atoms with Crippen LogP contribution in [0, 0.1) is 0 Å². The lowest BCUT2D eigenvalue weighted by Gasteiger charge is -2.19. The molecule has 0 unspecified atom stereocenters. The van der Waals surface area contributed by atoms with Crippen molar-refractivity contribution >= 4 is 56.6 Å². The molecule has 2 aromatic carbocycles. The van der Waals surface area contributed by atoms with E-state index in [1.165, 1.54) is 11.4 Å². The number of sulfonamides is 1. The summed E-state index contributed by atoms with van der Waals surface area (Å²) in [4.78, 5) is 12.5. The molecule has 1 atom stereocenters. The second-order valence-corrected chi connectivity index (χ2v) is 10.7. The number of hydrogen-bond donors (Lipinski definition) is 1. The van der Waals surface area contributed by atoms with E-state index >= 15 is 0 Å². The molecule has 0 fully saturated rings. The van der Waals surface area contributed by atoms with Gasteiger partial charge in [-0.1, -0.05) is 36.2 Å². The van der Waals surface area contributed by atoms with Gasteiger partial charge in [0.05, 0.1) is 11.9 Å². The van der Waals surface area contributed by atoms with Crippen LogP contribution in [0.25, 0.3) is 0 Å². The van der Waals surface area contributed by atoms with Crippen molar-refractivity contribution in [2.75, 3.05) is 29.9 Å². The molecule has 10 heteroatoms. The van der Waals surface area contributed by atoms with Gasteiger partial charge in [0.15, 0.2) is 6.10 Å². The number of thioether (sulfide) groups is 1. The smallest absolute Gasteiger partial charge is 0.261 e. The van der Waals surface area contributed by atoms with Crippen LogP contribution in [0.5, 0.6) is 5.75 Å². The SMILES string of the molecule is CC[C@@H](Oc1ccc(N(C)S(C)(=O)=O)cc1)C(=O)NCCSCc1c(Cl)cccc1Cl. The highest BCUT2D eigenvalue weighted by Crippen LogP contribution is 2.28. The molecule has 31 heavy (non-hydrogen) atoms. The summed E-state index contributed by atoms with van der Waals surface area (Å²) in [6, 6.07) is 12.0. The Bertz CT molecular complexity index is 965. The Morgan fingerprint density at radius 1 is 1.16 bits per heavy atom. The summed E-state index contributed by atoms with van der Waals surface area (Å²) in [6.45, 7) is 2.35. The van der Waals surface area contributed by atoms with Gasteiger partial charge in [0.25, 0.3) is 5.91 Å². The lowest BCUT2D eigenvalue weighted by Crippen LogP contribution is -2.39. The first-order valence-corrected chi connectivity index (χ1v) is 13.4. The van der Waals surface area contributed by atoms with Gasteiger partial charge in [0.1, 0.15) is 5.75 Å². The highest BCUT2D eigenvalue weighted by Gasteiger charge is 2.18. The monoisotopic (exact) mass is 504 g/mol. The molecule has 1 amide bonds. The van der Waals surface area contributed by atoms with Crippen LogP contribution in [-0.4, -0.2) is 46.0 Å². The number of nitrogens with zero attached hydrogens (tertiary/aromatic N) is 1. The standard InChI is InChI=1S/C21H26Cl2N2O4S2/c1-4-20(29-16-10-8-15(9-11-16)25(2)31(3,27)28)21(26)24-12-13-30-14-17-18(22)6-5-7-19(17)23/h5-11,20H,4,12-14H2,1-3H3,(H,24,26)/t20-/m1/s1. The van der Waals surface area contributed by atoms with Gasteiger partial charge in [-0.2, -0.15) is 11.8 Å². The minimum absolute atomic E-state index is 0.198. The number of carbonyl (C=O) groups excluding carboxylic acids is 1. The summed E-state index contributed by atoms with van der Waals surface area (Å²) in [5.41, 5.74) is 1.41. The van der Waals surface area contributed by atoms with Gasteiger partial charge in [-0.3, -0.25) is 9.10 Å². The molecule has 0 aliphatic rings. The Balaban J connectivity index is 1.81. The molecular formula is C21H26Cl2N2O4S2. The van der Waals surface area contributed by atoms with Crippen LogP contribution < -0.4 is 14.4 Å². The highest BCUT2D eigenvalue weighted by molar-refractivity contribution is 7.98. The van der Waals surface area contributed by atoms with Crippen molar-refractivity contribution in [3.8, 4) is 5.75 Å². The molecule has 6 nitrogen and oxygen atoms in total. The number of rotatable bonds is 11. The first-order valence-electron chi connectivity index (χ1n) is 9.62. The average molecular weight is 505 g/mol. The third kappa shape index (κ3) is 7.79. The molecule has 0 saturated heterocycles. The van der Waals surface area contributed by atoms with Crippen LogP contribution >= 0.6 is 35.0 Å². The van der Waals surface area contributed by atoms with E-state index in [1.807, 2.05) is 6.92 Å². The number of carbonyl (C=O) groups is 1. The number of nitrogens with one attached hydrogen (secondary N) is 1. The van der Waals surface area contributed by atoms with Gasteiger partial charge in [-0.05, 0) is 48.4 Å². The number of ether oxygens (including phenoxy) is 1. The molecule has 2 aromatic rings. The van der Waals surface area contributed by atoms with E-state index < -0.39 is 16.1 Å². The highest BCUT2D eigenvalue weighted by atomic mass is 35.5. The zero-order valence-electron chi connectivity index (χ0n) is 17.6. The summed E-state index contributed by atoms with van der Waals surface area (Å²) in [5.74, 6) is 1.67. The quantitative estimate of drug-likeness (QED) is 0.452. The summed E-state index contributed by atoms with van der Waals surface area (Å²) in [7, 11) is -1.86. The molecule has 0 saturated carbocycles. The van der Waals surface area contributed by atoms with Crippen molar-refractivity contribution in [3.63, 3.8) is 0 Å². The van der Waals surface area contributed by atoms with Crippen LogP contribution in [0.2, 0.25) is 10.0 Å². The largest absolute Gasteiger partial charge is 0.481 e. The molecule has 170 valence electrons. The van der Waals surface area contributed by atoms with E-state index in [-0.39, 0.29) is 5.91 Å². The van der Waals surface area contributed by atoms with Crippen LogP contribution in [-0.2, 0) is 20.6 Å². The van der Waals surface area contributed by atoms with Crippen molar-refractivity contribution in [1.82, 2.24) is 5.32 Å². The number of hydrogen-bond acceptors (Lipinski definition) is 5. The predicted molar refractivity (Wildman–Crippen MR) is 130 cm³/mol. The van der Waals surface area contributed by atoms with Crippen molar-refractivity contribution in [1.29, 1.82) is 0 Å². The zero-order valence-corrected chi connectivity index (χ0v) is 20.7. The number of anilines is 1. The molecule has 1 N–H and O–H groups in total. The fourth-order valence-corrected chi connectivity index (χ4v) is 4.72. The van der Waals surface area contributed by atoms with Crippen LogP contribution in [0.1, 0.15) is 18.9 Å². The van der Waals surface area contributed by atoms with E-state index in [1.54, 1.807) is 54.2 Å². The van der Waals surface area contributed by atoms with Crippen molar-refractivity contribution < 1.29 is 17.9 Å². The topological polar surface area (TPSA) is 75.7 Å². The summed E-state index contributed by atoms with van der Waals surface area (Å²) < 4.78 is 30.2. The molecule has 0 heterocycles. The van der Waals surface area contributed by atoms with Crippen molar-refractivity contribution in [2.24, 2.45) is 0 Å². The summed E-state index contributed by atoms with van der Waals surface area (Å²) in [5, 5.41) is 4.15. The lowest BCUT2D eigenvalue weighted by molar-refractivity contribution is -0.127. The molecule has 0 aliphatic heterocycles. The number of benzene rings is 2. The first-order chi connectivity index (χ1) is 14.6. The van der Waals surface area contributed by atoms with E-state index in [4.69, 9.17) is 27.9 Å². The Labute approximate surface area is 198 Å². The first kappa shape index (κ1) is 25.6. The molecule has 0 spiro atoms. The van der Waals surface area contributed by atoms with Gasteiger partial charge in [0.2, 0.25) is 10.0 Å². The maximum Gasteiger partial charge on any atom is 0.261 e. The fraction of sp³-hybridized carbons (Fsp3) is 0.381. The van der Waals surface area contributed by atoms with Crippen LogP contribution in [0.3, 0.4) is 0 Å². The summed E-state index contributed by atoms with van der Waals surface area (Å²) >= 11 is 14.0. The second-order valence-electron chi connectivity index (χ2n) is 6.78. The van der Waals surface area contributed by atoms with E-state index in [0.29, 0.717) is 46.0 Å². The normalized spacial score (nSPS) is 12.3. The zero-order chi connectivity index (χ0) is 23.0. The third-order valence-electron chi connectivity index (χ3n) is 4.49. The Morgan fingerprint density at radius 3 is 2.32 bits per heavy atom. The molecule has 0 bridgehead atoms. The Kier molecular flexibility index (Phi) is 9.81. The van der Waals surface area contributed by atoms with Crippen LogP contribution in [0.4, 0.5) is 5.69 Å². The molecule has 0 aliphatic carbocycles. The lowest BCUT2D eigenvalue weighted by atomic mass is 10.2. The van der Waals surface area contributed by atoms with Gasteiger partial charge in [-0.15, -0.1) is 0 Å². The predicted octanol–water partition coefficient (Wildman–Crippen LogP) is 4.60. The maximum absolute atomic E-state index is 12.5. The summed E-state index contributed by atoms with van der Waals surface area (Å²) in [6.07, 6.45) is 0.997. The Hall–Kier alpha value is -1.61. The minimum atomic E-state index is -3.34. The molecule has 0 aromatic heterocycles. The van der Waals surface area contributed by atoms with Crippen LogP contribution in [0.15, 0.2) is 42.5 Å². The fourth-order valence-electron chi connectivity index (χ4n) is 2.62. The Morgan fingerprint density at radius 2 is 1.77 bits per heavy atom. The van der Waals surface area contributed by atoms with Gasteiger partial charge in [0, 0.05) is 35.1 Å². The maximum atomic E-state index is 12.5. The third-order valence-corrected chi connectivity index (χ3v) is 7.39. The van der Waals surface area contributed by atoms with E-state index in [0.717, 1.165) is 11.8 Å². The minimum Gasteiger partial charge on any atom is -0.481 e. The van der Waals surface area contributed by atoms with Gasteiger partial charge < -0.3 is 10.1 Å². The van der Waals surface area contributed by atoms with Crippen molar-refractivity contribution in [2.45, 2.75) is 25.2 Å². The second kappa shape index (κ2) is 11.9. The van der Waals surface area contributed by atoms with Gasteiger partial charge >= 0.3 is 0 Å². The van der Waals surface area contributed by atoms with E-state index in [2.05, 4.69) is 5.32 Å². The van der Waals surface area contributed by atoms with Gasteiger partial charge in [-0.25, -0.2) is 8.42 Å². The number of amides is 1. The molecule has 2 rings (SSSR count).